The van der Waals surface area contributed by atoms with E-state index in [1.54, 1.807) is 0 Å². The lowest BCUT2D eigenvalue weighted by Gasteiger charge is -2.40. The second-order valence-electron chi connectivity index (χ2n) is 8.51. The Kier molecular flexibility index (Phi) is 6.33. The van der Waals surface area contributed by atoms with Crippen molar-refractivity contribution in [2.24, 2.45) is 0 Å². The molecular weight excluding hydrogens is 346 g/mol. The molecule has 4 rings (SSSR count). The van der Waals surface area contributed by atoms with Gasteiger partial charge in [-0.3, -0.25) is 9.88 Å². The van der Waals surface area contributed by atoms with Crippen molar-refractivity contribution >= 4 is 5.69 Å². The van der Waals surface area contributed by atoms with Crippen molar-refractivity contribution < 1.29 is 0 Å². The van der Waals surface area contributed by atoms with Crippen LogP contribution in [0.4, 0.5) is 5.69 Å². The lowest BCUT2D eigenvalue weighted by Crippen LogP contribution is -2.48. The predicted octanol–water partition coefficient (Wildman–Crippen LogP) is 3.18. The second-order valence-corrected chi connectivity index (χ2v) is 8.51. The summed E-state index contributed by atoms with van der Waals surface area (Å²) < 4.78 is 0. The summed E-state index contributed by atoms with van der Waals surface area (Å²) in [4.78, 5) is 14.7. The number of piperidine rings is 1. The number of rotatable bonds is 4. The average Bonchev–Trinajstić information content (AvgIpc) is 3.01. The molecule has 0 aromatic carbocycles. The first kappa shape index (κ1) is 19.5. The molecule has 152 valence electrons. The molecule has 0 N–H and O–H groups in total. The van der Waals surface area contributed by atoms with Gasteiger partial charge in [-0.1, -0.05) is 12.2 Å². The van der Waals surface area contributed by atoms with Gasteiger partial charge < -0.3 is 14.7 Å². The highest BCUT2D eigenvalue weighted by molar-refractivity contribution is 5.52. The molecule has 2 fully saturated rings. The Bertz CT molecular complexity index is 675. The van der Waals surface area contributed by atoms with Crippen molar-refractivity contribution in [1.82, 2.24) is 19.7 Å². The maximum atomic E-state index is 4.33. The minimum atomic E-state index is 0.685. The van der Waals surface area contributed by atoms with Gasteiger partial charge in [0.15, 0.2) is 0 Å². The molecule has 0 amide bonds. The Balaban J connectivity index is 1.38. The first-order valence-electron chi connectivity index (χ1n) is 11.0. The van der Waals surface area contributed by atoms with E-state index >= 15 is 0 Å². The quantitative estimate of drug-likeness (QED) is 0.798. The van der Waals surface area contributed by atoms with Gasteiger partial charge in [0.1, 0.15) is 5.82 Å². The van der Waals surface area contributed by atoms with E-state index in [4.69, 9.17) is 0 Å². The number of likely N-dealkylation sites (tertiary alicyclic amines) is 1. The van der Waals surface area contributed by atoms with Crippen LogP contribution in [-0.4, -0.2) is 77.6 Å². The largest absolute Gasteiger partial charge is 0.357 e. The number of pyridine rings is 1. The average molecular weight is 382 g/mol. The molecule has 2 saturated heterocycles. The first-order valence-corrected chi connectivity index (χ1v) is 11.0. The molecule has 1 aromatic rings. The van der Waals surface area contributed by atoms with Gasteiger partial charge in [0.25, 0.3) is 0 Å². The minimum Gasteiger partial charge on any atom is -0.357 e. The minimum absolute atomic E-state index is 0.685. The molecule has 0 atom stereocenters. The van der Waals surface area contributed by atoms with Crippen LogP contribution in [0, 0.1) is 0 Å². The zero-order valence-electron chi connectivity index (χ0n) is 17.5. The fourth-order valence-corrected chi connectivity index (χ4v) is 4.83. The molecule has 0 unspecified atom stereocenters. The molecular formula is C23H35N5. The van der Waals surface area contributed by atoms with Crippen molar-refractivity contribution in [3.05, 3.63) is 48.6 Å². The van der Waals surface area contributed by atoms with Crippen molar-refractivity contribution in [2.75, 3.05) is 50.7 Å². The summed E-state index contributed by atoms with van der Waals surface area (Å²) in [5.74, 6) is 1.33. The van der Waals surface area contributed by atoms with E-state index in [0.717, 1.165) is 25.7 Å². The molecule has 0 bridgehead atoms. The van der Waals surface area contributed by atoms with Crippen LogP contribution in [-0.2, 0) is 0 Å². The Morgan fingerprint density at radius 2 is 1.89 bits per heavy atom. The number of hydrogen-bond donors (Lipinski definition) is 0. The first-order chi connectivity index (χ1) is 13.7. The third kappa shape index (κ3) is 4.41. The molecule has 5 heteroatoms. The number of anilines is 1. The van der Waals surface area contributed by atoms with Gasteiger partial charge in [0.2, 0.25) is 0 Å². The van der Waals surface area contributed by atoms with Crippen LogP contribution < -0.4 is 4.90 Å². The molecule has 3 aliphatic rings. The monoisotopic (exact) mass is 381 g/mol. The van der Waals surface area contributed by atoms with Crippen LogP contribution in [0.25, 0.3) is 0 Å². The van der Waals surface area contributed by atoms with Crippen LogP contribution in [0.2, 0.25) is 0 Å². The van der Waals surface area contributed by atoms with Crippen LogP contribution in [0.15, 0.2) is 48.6 Å². The van der Waals surface area contributed by atoms with Crippen molar-refractivity contribution in [3.63, 3.8) is 0 Å². The third-order valence-corrected chi connectivity index (χ3v) is 6.50. The summed E-state index contributed by atoms with van der Waals surface area (Å²) in [6.45, 7) is 12.7. The van der Waals surface area contributed by atoms with E-state index in [2.05, 4.69) is 62.7 Å². The Hall–Kier alpha value is -1.85. The van der Waals surface area contributed by atoms with E-state index < -0.39 is 0 Å². The third-order valence-electron chi connectivity index (χ3n) is 6.50. The molecule has 5 nitrogen and oxygen atoms in total. The van der Waals surface area contributed by atoms with Gasteiger partial charge in [-0.05, 0) is 64.4 Å². The van der Waals surface area contributed by atoms with Crippen LogP contribution in [0.1, 0.15) is 33.1 Å². The maximum absolute atomic E-state index is 4.33. The van der Waals surface area contributed by atoms with Crippen LogP contribution in [0.5, 0.6) is 0 Å². The second kappa shape index (κ2) is 9.10. The highest BCUT2D eigenvalue weighted by atomic mass is 15.4. The fourth-order valence-electron chi connectivity index (χ4n) is 4.83. The van der Waals surface area contributed by atoms with E-state index in [0.29, 0.717) is 6.04 Å². The molecule has 28 heavy (non-hydrogen) atoms. The maximum Gasteiger partial charge on any atom is 0.109 e. The molecule has 1 aromatic heterocycles. The molecule has 0 spiro atoms. The highest BCUT2D eigenvalue weighted by Gasteiger charge is 2.28. The topological polar surface area (TPSA) is 25.9 Å². The van der Waals surface area contributed by atoms with Gasteiger partial charge in [-0.15, -0.1) is 0 Å². The van der Waals surface area contributed by atoms with Gasteiger partial charge in [-0.2, -0.15) is 0 Å². The molecule has 4 heterocycles. The van der Waals surface area contributed by atoms with Gasteiger partial charge in [0.05, 0.1) is 11.9 Å². The molecule has 3 aliphatic heterocycles. The van der Waals surface area contributed by atoms with E-state index in [9.17, 15) is 0 Å². The standard InChI is InChI=1S/C23H35N5/c1-20(2)25-15-9-21(10-16-25)26-12-6-13-27(18-17-26)23-8-3-4-14-28(23)22-7-5-11-24-19-22/h3-5,7-8,11,19-21H,6,9-10,12-18H2,1-2H3. The van der Waals surface area contributed by atoms with Gasteiger partial charge >= 0.3 is 0 Å². The number of hydrogen-bond acceptors (Lipinski definition) is 5. The van der Waals surface area contributed by atoms with E-state index in [-0.39, 0.29) is 0 Å². The van der Waals surface area contributed by atoms with Gasteiger partial charge in [0, 0.05) is 51.0 Å². The highest BCUT2D eigenvalue weighted by Crippen LogP contribution is 2.25. The van der Waals surface area contributed by atoms with Gasteiger partial charge in [-0.25, -0.2) is 0 Å². The SMILES string of the molecule is CC(C)N1CCC(N2CCCN(C3=CC=CCN3c3cccnc3)CC2)CC1. The van der Waals surface area contributed by atoms with Crippen LogP contribution >= 0.6 is 0 Å². The predicted molar refractivity (Wildman–Crippen MR) is 116 cm³/mol. The summed E-state index contributed by atoms with van der Waals surface area (Å²) in [5.41, 5.74) is 1.18. The molecule has 0 radical (unpaired) electrons. The lowest BCUT2D eigenvalue weighted by molar-refractivity contribution is 0.0947. The van der Waals surface area contributed by atoms with E-state index in [1.165, 1.54) is 56.9 Å². The van der Waals surface area contributed by atoms with Crippen molar-refractivity contribution in [1.29, 1.82) is 0 Å². The summed E-state index contributed by atoms with van der Waals surface area (Å²) >= 11 is 0. The van der Waals surface area contributed by atoms with Crippen molar-refractivity contribution in [3.8, 4) is 0 Å². The lowest BCUT2D eigenvalue weighted by atomic mass is 10.0. The Labute approximate surface area is 170 Å². The summed E-state index contributed by atoms with van der Waals surface area (Å²) in [7, 11) is 0. The normalized spacial score (nSPS) is 23.2. The van der Waals surface area contributed by atoms with Crippen LogP contribution in [0.3, 0.4) is 0 Å². The Morgan fingerprint density at radius 3 is 2.64 bits per heavy atom. The summed E-state index contributed by atoms with van der Waals surface area (Å²) in [6, 6.07) is 5.64. The molecule has 0 saturated carbocycles. The number of aromatic nitrogens is 1. The zero-order valence-corrected chi connectivity index (χ0v) is 17.5. The molecule has 0 aliphatic carbocycles. The number of allylic oxidation sites excluding steroid dienone is 2. The van der Waals surface area contributed by atoms with E-state index in [1.807, 2.05) is 18.5 Å². The zero-order chi connectivity index (χ0) is 19.3. The number of nitrogens with zero attached hydrogens (tertiary/aromatic N) is 5. The summed E-state index contributed by atoms with van der Waals surface area (Å²) in [5, 5.41) is 0. The summed E-state index contributed by atoms with van der Waals surface area (Å²) in [6.07, 6.45) is 14.4. The van der Waals surface area contributed by atoms with Crippen molar-refractivity contribution in [2.45, 2.75) is 45.2 Å². The Morgan fingerprint density at radius 1 is 1.04 bits per heavy atom. The fraction of sp³-hybridized carbons (Fsp3) is 0.609. The smallest absolute Gasteiger partial charge is 0.109 e.